The van der Waals surface area contributed by atoms with Gasteiger partial charge < -0.3 is 9.73 Å². The zero-order valence-electron chi connectivity index (χ0n) is 15.7. The molecule has 4 heterocycles. The molecule has 29 heavy (non-hydrogen) atoms. The quantitative estimate of drug-likeness (QED) is 0.550. The molecule has 8 heteroatoms. The zero-order valence-corrected chi connectivity index (χ0v) is 16.5. The van der Waals surface area contributed by atoms with Crippen LogP contribution in [-0.2, 0) is 12.8 Å². The second-order valence-corrected chi connectivity index (χ2v) is 8.33. The third-order valence-corrected chi connectivity index (χ3v) is 6.44. The van der Waals surface area contributed by atoms with Gasteiger partial charge in [0.15, 0.2) is 11.4 Å². The molecule has 4 aromatic heterocycles. The predicted octanol–water partition coefficient (Wildman–Crippen LogP) is 4.30. The van der Waals surface area contributed by atoms with Crippen LogP contribution < -0.4 is 5.32 Å². The molecule has 1 unspecified atom stereocenters. The number of hydrogen-bond donors (Lipinski definition) is 1. The minimum Gasteiger partial charge on any atom is -0.463 e. The van der Waals surface area contributed by atoms with Gasteiger partial charge in [0.25, 0.3) is 5.91 Å². The van der Waals surface area contributed by atoms with Crippen molar-refractivity contribution in [3.63, 3.8) is 0 Å². The van der Waals surface area contributed by atoms with Crippen molar-refractivity contribution >= 4 is 27.9 Å². The highest BCUT2D eigenvalue weighted by atomic mass is 32.1. The Hall–Kier alpha value is -3.44. The van der Waals surface area contributed by atoms with Crippen molar-refractivity contribution in [1.82, 2.24) is 14.6 Å². The first kappa shape index (κ1) is 17.6. The first-order valence-corrected chi connectivity index (χ1v) is 10.2. The summed E-state index contributed by atoms with van der Waals surface area (Å²) in [6.07, 6.45) is 7.61. The van der Waals surface area contributed by atoms with Gasteiger partial charge in [0.1, 0.15) is 22.3 Å². The molecular weight excluding hydrogens is 386 g/mol. The Morgan fingerprint density at radius 2 is 2.34 bits per heavy atom. The van der Waals surface area contributed by atoms with Gasteiger partial charge in [-0.2, -0.15) is 10.4 Å². The van der Waals surface area contributed by atoms with Gasteiger partial charge in [-0.05, 0) is 48.9 Å². The summed E-state index contributed by atoms with van der Waals surface area (Å²) in [6, 6.07) is 7.68. The summed E-state index contributed by atoms with van der Waals surface area (Å²) in [5.74, 6) is 0.909. The number of carbonyl (C=O) groups excluding carboxylic acids is 1. The van der Waals surface area contributed by atoms with Crippen LogP contribution in [0, 0.1) is 17.2 Å². The number of thiophene rings is 1. The molecule has 144 valence electrons. The Kier molecular flexibility index (Phi) is 4.18. The summed E-state index contributed by atoms with van der Waals surface area (Å²) in [5.41, 5.74) is 3.17. The van der Waals surface area contributed by atoms with Crippen LogP contribution in [0.1, 0.15) is 39.7 Å². The van der Waals surface area contributed by atoms with E-state index in [0.29, 0.717) is 39.1 Å². The zero-order chi connectivity index (χ0) is 20.0. The summed E-state index contributed by atoms with van der Waals surface area (Å²) in [5, 5.41) is 17.5. The lowest BCUT2D eigenvalue weighted by atomic mass is 9.88. The highest BCUT2D eigenvalue weighted by molar-refractivity contribution is 7.16. The van der Waals surface area contributed by atoms with Crippen molar-refractivity contribution in [1.29, 1.82) is 5.26 Å². The Bertz CT molecular complexity index is 1260. The van der Waals surface area contributed by atoms with Crippen LogP contribution in [0.5, 0.6) is 0 Å². The molecule has 0 saturated heterocycles. The summed E-state index contributed by atoms with van der Waals surface area (Å²) in [7, 11) is 0. The van der Waals surface area contributed by atoms with Gasteiger partial charge in [0, 0.05) is 11.1 Å². The lowest BCUT2D eigenvalue weighted by Gasteiger charge is -2.17. The number of nitrogens with zero attached hydrogens (tertiary/aromatic N) is 4. The minimum absolute atomic E-state index is 0.327. The van der Waals surface area contributed by atoms with E-state index in [-0.39, 0.29) is 5.91 Å². The molecule has 1 atom stereocenters. The second kappa shape index (κ2) is 6.87. The number of amides is 1. The minimum atomic E-state index is -0.327. The Morgan fingerprint density at radius 3 is 3.14 bits per heavy atom. The average molecular weight is 403 g/mol. The molecule has 0 fully saturated rings. The van der Waals surface area contributed by atoms with E-state index in [4.69, 9.17) is 4.42 Å². The number of aromatic nitrogens is 3. The van der Waals surface area contributed by atoms with Crippen molar-refractivity contribution in [2.24, 2.45) is 5.92 Å². The maximum absolute atomic E-state index is 13.0. The normalized spacial score (nSPS) is 15.8. The van der Waals surface area contributed by atoms with Gasteiger partial charge in [0.05, 0.1) is 18.0 Å². The van der Waals surface area contributed by atoms with Gasteiger partial charge in [-0.3, -0.25) is 4.79 Å². The van der Waals surface area contributed by atoms with Gasteiger partial charge in [0.2, 0.25) is 0 Å². The van der Waals surface area contributed by atoms with Gasteiger partial charge >= 0.3 is 0 Å². The summed E-state index contributed by atoms with van der Waals surface area (Å²) in [6.45, 7) is 2.22. The fraction of sp³-hybridized carbons (Fsp3) is 0.238. The van der Waals surface area contributed by atoms with E-state index >= 15 is 0 Å². The number of nitrogens with one attached hydrogen (secondary N) is 1. The van der Waals surface area contributed by atoms with E-state index in [1.807, 2.05) is 6.07 Å². The van der Waals surface area contributed by atoms with Crippen LogP contribution in [0.3, 0.4) is 0 Å². The van der Waals surface area contributed by atoms with Crippen LogP contribution in [0.2, 0.25) is 0 Å². The highest BCUT2D eigenvalue weighted by Gasteiger charge is 2.26. The molecule has 0 radical (unpaired) electrons. The Morgan fingerprint density at radius 1 is 1.45 bits per heavy atom. The number of anilines is 1. The predicted molar refractivity (Wildman–Crippen MR) is 109 cm³/mol. The fourth-order valence-corrected chi connectivity index (χ4v) is 5.15. The second-order valence-electron chi connectivity index (χ2n) is 7.22. The molecule has 0 aromatic carbocycles. The number of furan rings is 1. The largest absolute Gasteiger partial charge is 0.463 e. The first-order chi connectivity index (χ1) is 14.2. The van der Waals surface area contributed by atoms with Crippen molar-refractivity contribution in [3.8, 4) is 17.5 Å². The van der Waals surface area contributed by atoms with Crippen LogP contribution in [0.4, 0.5) is 5.00 Å². The monoisotopic (exact) mass is 403 g/mol. The van der Waals surface area contributed by atoms with E-state index in [9.17, 15) is 10.1 Å². The van der Waals surface area contributed by atoms with Crippen molar-refractivity contribution in [2.45, 2.75) is 26.2 Å². The first-order valence-electron chi connectivity index (χ1n) is 9.38. The lowest BCUT2D eigenvalue weighted by Crippen LogP contribution is -2.12. The number of fused-ring (bicyclic) bond motifs is 2. The molecule has 0 bridgehead atoms. The van der Waals surface area contributed by atoms with E-state index in [1.165, 1.54) is 22.4 Å². The molecule has 0 spiro atoms. The van der Waals surface area contributed by atoms with E-state index < -0.39 is 0 Å². The summed E-state index contributed by atoms with van der Waals surface area (Å²) >= 11 is 1.51. The van der Waals surface area contributed by atoms with Crippen LogP contribution in [0.25, 0.3) is 17.1 Å². The number of carbonyl (C=O) groups is 1. The maximum Gasteiger partial charge on any atom is 0.261 e. The molecule has 0 aliphatic heterocycles. The van der Waals surface area contributed by atoms with Crippen LogP contribution in [-0.4, -0.2) is 20.5 Å². The highest BCUT2D eigenvalue weighted by Crippen LogP contribution is 2.39. The fourth-order valence-electron chi connectivity index (χ4n) is 3.79. The third kappa shape index (κ3) is 2.91. The SMILES string of the molecule is CC1CCc2c(sc(NC(=O)c3cnn4c(-c5ccco5)ccnc34)c2C#N)C1. The molecule has 1 amide bonds. The van der Waals surface area contributed by atoms with Gasteiger partial charge in [-0.1, -0.05) is 6.92 Å². The Labute approximate surface area is 170 Å². The number of hydrogen-bond acceptors (Lipinski definition) is 6. The van der Waals surface area contributed by atoms with Crippen molar-refractivity contribution in [3.05, 3.63) is 58.4 Å². The van der Waals surface area contributed by atoms with E-state index in [2.05, 4.69) is 28.4 Å². The van der Waals surface area contributed by atoms with Gasteiger partial charge in [-0.15, -0.1) is 11.3 Å². The summed E-state index contributed by atoms with van der Waals surface area (Å²) in [4.78, 5) is 18.5. The molecule has 1 aliphatic rings. The molecular formula is C21H17N5O2S. The topological polar surface area (TPSA) is 96.2 Å². The van der Waals surface area contributed by atoms with Crippen LogP contribution >= 0.6 is 11.3 Å². The number of rotatable bonds is 3. The smallest absolute Gasteiger partial charge is 0.261 e. The lowest BCUT2D eigenvalue weighted by molar-refractivity contribution is 0.102. The molecule has 5 rings (SSSR count). The van der Waals surface area contributed by atoms with Gasteiger partial charge in [-0.25, -0.2) is 9.50 Å². The molecule has 1 N–H and O–H groups in total. The average Bonchev–Trinajstić information content (AvgIpc) is 3.45. The summed E-state index contributed by atoms with van der Waals surface area (Å²) < 4.78 is 7.04. The third-order valence-electron chi connectivity index (χ3n) is 5.27. The molecule has 1 aliphatic carbocycles. The van der Waals surface area contributed by atoms with Crippen LogP contribution in [0.15, 0.2) is 41.3 Å². The van der Waals surface area contributed by atoms with Crippen molar-refractivity contribution < 1.29 is 9.21 Å². The Balaban J connectivity index is 1.51. The van der Waals surface area contributed by atoms with E-state index in [1.54, 1.807) is 29.1 Å². The maximum atomic E-state index is 13.0. The molecule has 7 nitrogen and oxygen atoms in total. The molecule has 0 saturated carbocycles. The van der Waals surface area contributed by atoms with E-state index in [0.717, 1.165) is 24.8 Å². The molecule has 4 aromatic rings. The van der Waals surface area contributed by atoms with Crippen molar-refractivity contribution in [2.75, 3.05) is 5.32 Å². The number of nitriles is 1. The standard InChI is InChI=1S/C21H17N5O2S/c1-12-4-5-13-14(10-22)21(29-18(13)9-12)25-20(27)15-11-24-26-16(6-7-23-19(15)26)17-3-2-8-28-17/h2-3,6-8,11-12H,4-5,9H2,1H3,(H,25,27).